The molecule has 22 heavy (non-hydrogen) atoms. The van der Waals surface area contributed by atoms with E-state index in [1.807, 2.05) is 12.1 Å². The summed E-state index contributed by atoms with van der Waals surface area (Å²) in [7, 11) is 0. The second-order valence-corrected chi connectivity index (χ2v) is 6.06. The standard InChI is InChI=1S/C18H15BrO3/c1-3-4-5-11-8-13-12-6-7-16(20)10(2)17(12)22-18(21)14(13)9-15(11)19/h4-9,20H,3H2,1-2H3/b5-4+. The highest BCUT2D eigenvalue weighted by Gasteiger charge is 2.13. The van der Waals surface area contributed by atoms with Crippen molar-refractivity contribution < 1.29 is 9.52 Å². The lowest BCUT2D eigenvalue weighted by atomic mass is 10.0. The van der Waals surface area contributed by atoms with Crippen molar-refractivity contribution in [2.75, 3.05) is 0 Å². The summed E-state index contributed by atoms with van der Waals surface area (Å²) in [5, 5.41) is 12.0. The van der Waals surface area contributed by atoms with Crippen LogP contribution in [-0.4, -0.2) is 5.11 Å². The van der Waals surface area contributed by atoms with E-state index < -0.39 is 5.63 Å². The minimum Gasteiger partial charge on any atom is -0.508 e. The maximum atomic E-state index is 12.2. The normalized spacial score (nSPS) is 11.8. The quantitative estimate of drug-likeness (QED) is 0.509. The summed E-state index contributed by atoms with van der Waals surface area (Å²) in [6.07, 6.45) is 5.03. The number of hydrogen-bond donors (Lipinski definition) is 1. The van der Waals surface area contributed by atoms with Crippen molar-refractivity contribution in [3.8, 4) is 5.75 Å². The number of phenols is 1. The Balaban J connectivity index is 2.47. The lowest BCUT2D eigenvalue weighted by Gasteiger charge is -2.08. The molecule has 0 aliphatic heterocycles. The number of allylic oxidation sites excluding steroid dienone is 1. The van der Waals surface area contributed by atoms with Gasteiger partial charge < -0.3 is 9.52 Å². The van der Waals surface area contributed by atoms with Gasteiger partial charge in [0.05, 0.1) is 5.39 Å². The number of phenolic OH excluding ortho intramolecular Hbond substituents is 1. The molecular weight excluding hydrogens is 344 g/mol. The Morgan fingerprint density at radius 2 is 2.00 bits per heavy atom. The van der Waals surface area contributed by atoms with Gasteiger partial charge in [-0.15, -0.1) is 0 Å². The minimum absolute atomic E-state index is 0.123. The second kappa shape index (κ2) is 5.61. The van der Waals surface area contributed by atoms with Crippen LogP contribution < -0.4 is 5.63 Å². The van der Waals surface area contributed by atoms with Crippen molar-refractivity contribution >= 4 is 43.7 Å². The van der Waals surface area contributed by atoms with Crippen LogP contribution in [0.5, 0.6) is 5.75 Å². The van der Waals surface area contributed by atoms with Crippen molar-refractivity contribution in [2.45, 2.75) is 20.3 Å². The van der Waals surface area contributed by atoms with Crippen LogP contribution in [0.3, 0.4) is 0 Å². The van der Waals surface area contributed by atoms with Crippen LogP contribution in [0.15, 0.2) is 44.0 Å². The van der Waals surface area contributed by atoms with Gasteiger partial charge >= 0.3 is 5.63 Å². The highest BCUT2D eigenvalue weighted by atomic mass is 79.9. The van der Waals surface area contributed by atoms with Crippen molar-refractivity contribution in [1.82, 2.24) is 0 Å². The molecule has 3 rings (SSSR count). The monoisotopic (exact) mass is 358 g/mol. The summed E-state index contributed by atoms with van der Waals surface area (Å²) in [4.78, 5) is 12.2. The number of hydrogen-bond acceptors (Lipinski definition) is 3. The third-order valence-corrected chi connectivity index (χ3v) is 4.44. The van der Waals surface area contributed by atoms with E-state index in [9.17, 15) is 9.90 Å². The van der Waals surface area contributed by atoms with Gasteiger partial charge in [-0.1, -0.05) is 35.0 Å². The Hall–Kier alpha value is -2.07. The molecule has 2 aromatic carbocycles. The lowest BCUT2D eigenvalue weighted by molar-refractivity contribution is 0.468. The number of benzene rings is 2. The average Bonchev–Trinajstić information content (AvgIpc) is 2.50. The molecule has 3 nitrogen and oxygen atoms in total. The molecule has 0 fully saturated rings. The van der Waals surface area contributed by atoms with Crippen LogP contribution in [0.2, 0.25) is 0 Å². The summed E-state index contributed by atoms with van der Waals surface area (Å²) in [5.74, 6) is 0.123. The molecule has 0 amide bonds. The Kier molecular flexibility index (Phi) is 3.79. The molecule has 0 aliphatic rings. The molecule has 1 heterocycles. The molecule has 3 aromatic rings. The molecule has 0 spiro atoms. The molecule has 112 valence electrons. The third kappa shape index (κ3) is 2.33. The molecule has 1 aromatic heterocycles. The van der Waals surface area contributed by atoms with Gasteiger partial charge in [0.1, 0.15) is 11.3 Å². The topological polar surface area (TPSA) is 50.4 Å². The number of aromatic hydroxyl groups is 1. The molecule has 0 saturated heterocycles. The van der Waals surface area contributed by atoms with Gasteiger partial charge in [0.2, 0.25) is 0 Å². The van der Waals surface area contributed by atoms with E-state index in [0.29, 0.717) is 16.5 Å². The van der Waals surface area contributed by atoms with Crippen LogP contribution in [0.4, 0.5) is 0 Å². The predicted octanol–water partition coefficient (Wildman–Crippen LogP) is 5.15. The molecule has 1 N–H and O–H groups in total. The fraction of sp³-hybridized carbons (Fsp3) is 0.167. The molecule has 4 heteroatoms. The fourth-order valence-electron chi connectivity index (χ4n) is 2.53. The Labute approximate surface area is 136 Å². The van der Waals surface area contributed by atoms with Gasteiger partial charge in [-0.05, 0) is 43.2 Å². The van der Waals surface area contributed by atoms with Gasteiger partial charge in [0, 0.05) is 20.8 Å². The van der Waals surface area contributed by atoms with Gasteiger partial charge in [0.25, 0.3) is 0 Å². The van der Waals surface area contributed by atoms with Crippen molar-refractivity contribution in [3.63, 3.8) is 0 Å². The highest BCUT2D eigenvalue weighted by Crippen LogP contribution is 2.32. The van der Waals surface area contributed by atoms with E-state index in [2.05, 4.69) is 28.9 Å². The molecule has 0 unspecified atom stereocenters. The van der Waals surface area contributed by atoms with E-state index >= 15 is 0 Å². The van der Waals surface area contributed by atoms with E-state index in [1.165, 1.54) is 0 Å². The van der Waals surface area contributed by atoms with Gasteiger partial charge in [0.15, 0.2) is 0 Å². The van der Waals surface area contributed by atoms with E-state index in [1.54, 1.807) is 25.1 Å². The van der Waals surface area contributed by atoms with Crippen LogP contribution in [0, 0.1) is 6.92 Å². The largest absolute Gasteiger partial charge is 0.508 e. The summed E-state index contributed by atoms with van der Waals surface area (Å²) < 4.78 is 6.26. The zero-order valence-corrected chi connectivity index (χ0v) is 13.9. The Morgan fingerprint density at radius 1 is 1.23 bits per heavy atom. The highest BCUT2D eigenvalue weighted by molar-refractivity contribution is 9.10. The SMILES string of the molecule is CC/C=C/c1cc2c(cc1Br)c(=O)oc1c(C)c(O)ccc12. The molecule has 0 saturated carbocycles. The molecule has 0 bridgehead atoms. The predicted molar refractivity (Wildman–Crippen MR) is 93.4 cm³/mol. The zero-order valence-electron chi connectivity index (χ0n) is 12.3. The number of halogens is 1. The average molecular weight is 359 g/mol. The number of aryl methyl sites for hydroxylation is 1. The van der Waals surface area contributed by atoms with Crippen LogP contribution in [0.25, 0.3) is 27.8 Å². The Bertz CT molecular complexity index is 968. The maximum Gasteiger partial charge on any atom is 0.344 e. The van der Waals surface area contributed by atoms with E-state index in [4.69, 9.17) is 4.42 Å². The number of fused-ring (bicyclic) bond motifs is 3. The van der Waals surface area contributed by atoms with Gasteiger partial charge in [-0.3, -0.25) is 0 Å². The van der Waals surface area contributed by atoms with Crippen LogP contribution >= 0.6 is 15.9 Å². The summed E-state index contributed by atoms with van der Waals surface area (Å²) in [6.45, 7) is 3.81. The Morgan fingerprint density at radius 3 is 2.73 bits per heavy atom. The van der Waals surface area contributed by atoms with Crippen LogP contribution in [-0.2, 0) is 0 Å². The first-order chi connectivity index (χ1) is 10.5. The first-order valence-corrected chi connectivity index (χ1v) is 7.87. The van der Waals surface area contributed by atoms with Crippen LogP contribution in [0.1, 0.15) is 24.5 Å². The second-order valence-electron chi connectivity index (χ2n) is 5.21. The maximum absolute atomic E-state index is 12.2. The van der Waals surface area contributed by atoms with E-state index in [0.717, 1.165) is 27.2 Å². The zero-order chi connectivity index (χ0) is 15.9. The first kappa shape index (κ1) is 14.9. The molecule has 0 atom stereocenters. The molecule has 0 radical (unpaired) electrons. The number of rotatable bonds is 2. The minimum atomic E-state index is -0.400. The summed E-state index contributed by atoms with van der Waals surface area (Å²) in [6, 6.07) is 7.17. The fourth-order valence-corrected chi connectivity index (χ4v) is 3.00. The van der Waals surface area contributed by atoms with Crippen molar-refractivity contribution in [3.05, 3.63) is 56.4 Å². The van der Waals surface area contributed by atoms with Gasteiger partial charge in [-0.25, -0.2) is 4.79 Å². The molecular formula is C18H15BrO3. The van der Waals surface area contributed by atoms with Crippen molar-refractivity contribution in [1.29, 1.82) is 0 Å². The lowest BCUT2D eigenvalue weighted by Crippen LogP contribution is -2.01. The third-order valence-electron chi connectivity index (χ3n) is 3.75. The first-order valence-electron chi connectivity index (χ1n) is 7.08. The molecule has 0 aliphatic carbocycles. The van der Waals surface area contributed by atoms with E-state index in [-0.39, 0.29) is 5.75 Å². The summed E-state index contributed by atoms with van der Waals surface area (Å²) >= 11 is 3.50. The van der Waals surface area contributed by atoms with Crippen molar-refractivity contribution in [2.24, 2.45) is 0 Å². The smallest absolute Gasteiger partial charge is 0.344 e. The summed E-state index contributed by atoms with van der Waals surface area (Å²) in [5.41, 5.74) is 1.62. The van der Waals surface area contributed by atoms with Gasteiger partial charge in [-0.2, -0.15) is 0 Å².